The molecule has 206 valence electrons. The van der Waals surface area contributed by atoms with Crippen molar-refractivity contribution in [2.75, 3.05) is 20.3 Å². The molecule has 0 saturated carbocycles. The van der Waals surface area contributed by atoms with E-state index in [9.17, 15) is 24.6 Å². The lowest BCUT2D eigenvalue weighted by atomic mass is 9.77. The number of amides is 2. The number of hydrogen-bond acceptors (Lipinski definition) is 7. The quantitative estimate of drug-likeness (QED) is 0.299. The highest BCUT2D eigenvalue weighted by Crippen LogP contribution is 2.51. The van der Waals surface area contributed by atoms with Crippen LogP contribution in [-0.4, -0.2) is 71.7 Å². The average Bonchev–Trinajstić information content (AvgIpc) is 3.34. The van der Waals surface area contributed by atoms with Gasteiger partial charge in [-0.1, -0.05) is 35.9 Å². The first kappa shape index (κ1) is 28.1. The summed E-state index contributed by atoms with van der Waals surface area (Å²) in [5.41, 5.74) is 3.09. The first-order chi connectivity index (χ1) is 18.8. The van der Waals surface area contributed by atoms with E-state index in [2.05, 4.69) is 11.9 Å². The third kappa shape index (κ3) is 5.74. The topological polar surface area (TPSA) is 125 Å². The molecule has 4 rings (SSSR count). The van der Waals surface area contributed by atoms with E-state index in [-0.39, 0.29) is 37.6 Å². The Balaban J connectivity index is 1.81. The van der Waals surface area contributed by atoms with Gasteiger partial charge in [0.25, 0.3) is 0 Å². The molecule has 1 aliphatic carbocycles. The number of ether oxygens (including phenoxy) is 2. The fourth-order valence-electron chi connectivity index (χ4n) is 5.18. The molecule has 0 fully saturated rings. The van der Waals surface area contributed by atoms with Crippen molar-refractivity contribution in [3.63, 3.8) is 0 Å². The van der Waals surface area contributed by atoms with Crippen LogP contribution in [0.15, 0.2) is 60.7 Å². The number of hydrogen-bond donors (Lipinski definition) is 3. The number of carbonyl (C=O) groups excluding carboxylic acids is 3. The van der Waals surface area contributed by atoms with Crippen LogP contribution in [0.1, 0.15) is 45.8 Å². The van der Waals surface area contributed by atoms with Crippen molar-refractivity contribution in [1.29, 1.82) is 0 Å². The molecule has 2 aromatic carbocycles. The normalized spacial score (nSPS) is 21.1. The van der Waals surface area contributed by atoms with Gasteiger partial charge < -0.3 is 29.9 Å². The Kier molecular flexibility index (Phi) is 8.83. The number of aliphatic hydroxyl groups excluding tert-OH is 2. The van der Waals surface area contributed by atoms with Crippen LogP contribution in [-0.2, 0) is 16.1 Å². The van der Waals surface area contributed by atoms with Gasteiger partial charge >= 0.3 is 0 Å². The number of fused-ring (bicyclic) bond motifs is 3. The zero-order valence-corrected chi connectivity index (χ0v) is 22.1. The Hall–Kier alpha value is -3.95. The van der Waals surface area contributed by atoms with E-state index < -0.39 is 30.1 Å². The lowest BCUT2D eigenvalue weighted by molar-refractivity contribution is -0.138. The minimum atomic E-state index is -1.20. The number of benzene rings is 2. The van der Waals surface area contributed by atoms with Crippen LogP contribution >= 0.6 is 0 Å². The van der Waals surface area contributed by atoms with E-state index in [1.165, 1.54) is 13.2 Å². The Labute approximate surface area is 227 Å². The van der Waals surface area contributed by atoms with Crippen LogP contribution in [0.2, 0.25) is 0 Å². The number of nitrogens with one attached hydrogen (secondary N) is 1. The number of aryl methyl sites for hydroxylation is 1. The third-order valence-corrected chi connectivity index (χ3v) is 7.13. The number of allylic oxidation sites excluding steroid dienone is 1. The molecule has 0 bridgehead atoms. The lowest BCUT2D eigenvalue weighted by Crippen LogP contribution is -2.55. The van der Waals surface area contributed by atoms with Gasteiger partial charge in [-0.15, -0.1) is 6.58 Å². The molecular formula is C30H34N2O7. The molecule has 9 nitrogen and oxygen atoms in total. The van der Waals surface area contributed by atoms with Gasteiger partial charge in [-0.05, 0) is 37.1 Å². The van der Waals surface area contributed by atoms with Crippen molar-refractivity contribution in [3.05, 3.63) is 83.0 Å². The maximum atomic E-state index is 13.5. The molecule has 4 unspecified atom stereocenters. The van der Waals surface area contributed by atoms with Crippen LogP contribution in [0, 0.1) is 6.92 Å². The summed E-state index contributed by atoms with van der Waals surface area (Å²) in [4.78, 5) is 40.0. The highest BCUT2D eigenvalue weighted by atomic mass is 16.5. The van der Waals surface area contributed by atoms with Crippen molar-refractivity contribution < 1.29 is 34.1 Å². The van der Waals surface area contributed by atoms with Crippen molar-refractivity contribution >= 4 is 18.1 Å². The van der Waals surface area contributed by atoms with Crippen LogP contribution < -0.4 is 14.8 Å². The molecule has 39 heavy (non-hydrogen) atoms. The van der Waals surface area contributed by atoms with Crippen molar-refractivity contribution in [3.8, 4) is 11.5 Å². The molecule has 9 heteroatoms. The summed E-state index contributed by atoms with van der Waals surface area (Å²) in [7, 11) is 1.45. The van der Waals surface area contributed by atoms with E-state index in [1.807, 2.05) is 31.2 Å². The van der Waals surface area contributed by atoms with Crippen LogP contribution in [0.25, 0.3) is 0 Å². The van der Waals surface area contributed by atoms with Gasteiger partial charge in [-0.25, -0.2) is 0 Å². The summed E-state index contributed by atoms with van der Waals surface area (Å²) in [6, 6.07) is 10.0. The molecule has 1 aliphatic heterocycles. The predicted molar refractivity (Wildman–Crippen MR) is 145 cm³/mol. The lowest BCUT2D eigenvalue weighted by Gasteiger charge is -2.40. The standard InChI is InChI=1S/C30H34N2O7/c1-4-5-6-25(35)32(16-19-9-7-18(2)8-10-19)23-15-22(30(37)31-11-12-33)26-21-13-20(17-34)14-24(38-3)28(21)39-29(26)27(23)36/h4,7-10,13-15,17,23,26-27,29,33,36H,1,5-6,11-12,16H2,2-3H3,(H,31,37). The first-order valence-corrected chi connectivity index (χ1v) is 12.9. The minimum absolute atomic E-state index is 0.0253. The third-order valence-electron chi connectivity index (χ3n) is 7.13. The largest absolute Gasteiger partial charge is 0.493 e. The van der Waals surface area contributed by atoms with Gasteiger partial charge in [-0.3, -0.25) is 14.4 Å². The Morgan fingerprint density at radius 3 is 2.62 bits per heavy atom. The van der Waals surface area contributed by atoms with Gasteiger partial charge in [0.05, 0.1) is 25.7 Å². The fourth-order valence-corrected chi connectivity index (χ4v) is 5.18. The second-order valence-corrected chi connectivity index (χ2v) is 9.74. The van der Waals surface area contributed by atoms with E-state index in [4.69, 9.17) is 9.47 Å². The van der Waals surface area contributed by atoms with E-state index in [0.29, 0.717) is 35.3 Å². The highest BCUT2D eigenvalue weighted by molar-refractivity contribution is 5.96. The van der Waals surface area contributed by atoms with Gasteiger partial charge in [0.15, 0.2) is 11.5 Å². The molecule has 1 heterocycles. The Bertz CT molecular complexity index is 1270. The maximum absolute atomic E-state index is 13.5. The number of nitrogens with zero attached hydrogens (tertiary/aromatic N) is 1. The molecule has 2 amide bonds. The van der Waals surface area contributed by atoms with Crippen molar-refractivity contribution in [2.45, 2.75) is 50.5 Å². The SMILES string of the molecule is C=CCCC(=O)N(Cc1ccc(C)cc1)C1C=C(C(=O)NCCO)C2c3cc(C=O)cc(OC)c3OC2C1O. The van der Waals surface area contributed by atoms with E-state index in [0.717, 1.165) is 11.1 Å². The second kappa shape index (κ2) is 12.3. The average molecular weight is 535 g/mol. The Morgan fingerprint density at radius 2 is 1.97 bits per heavy atom. The Morgan fingerprint density at radius 1 is 1.23 bits per heavy atom. The molecule has 2 aromatic rings. The number of methoxy groups -OCH3 is 1. The van der Waals surface area contributed by atoms with Crippen molar-refractivity contribution in [1.82, 2.24) is 10.2 Å². The molecular weight excluding hydrogens is 500 g/mol. The second-order valence-electron chi connectivity index (χ2n) is 9.74. The summed E-state index contributed by atoms with van der Waals surface area (Å²) >= 11 is 0. The van der Waals surface area contributed by atoms with Gasteiger partial charge in [0.1, 0.15) is 18.5 Å². The highest BCUT2D eigenvalue weighted by Gasteiger charge is 2.51. The van der Waals surface area contributed by atoms with Crippen LogP contribution in [0.4, 0.5) is 0 Å². The molecule has 0 aromatic heterocycles. The number of aldehydes is 1. The van der Waals surface area contributed by atoms with Crippen molar-refractivity contribution in [2.24, 2.45) is 0 Å². The molecule has 0 radical (unpaired) electrons. The van der Waals surface area contributed by atoms with Gasteiger partial charge in [0.2, 0.25) is 11.8 Å². The minimum Gasteiger partial charge on any atom is -0.493 e. The zero-order chi connectivity index (χ0) is 28.1. The molecule has 2 aliphatic rings. The summed E-state index contributed by atoms with van der Waals surface area (Å²) in [6.45, 7) is 5.67. The molecule has 4 atom stereocenters. The van der Waals surface area contributed by atoms with E-state index in [1.54, 1.807) is 23.1 Å². The smallest absolute Gasteiger partial charge is 0.247 e. The van der Waals surface area contributed by atoms with Crippen LogP contribution in [0.3, 0.4) is 0 Å². The molecule has 0 spiro atoms. The predicted octanol–water partition coefficient (Wildman–Crippen LogP) is 2.43. The van der Waals surface area contributed by atoms with Gasteiger partial charge in [0, 0.05) is 36.2 Å². The summed E-state index contributed by atoms with van der Waals surface area (Å²) in [5, 5.41) is 23.7. The molecule has 0 saturated heterocycles. The molecule has 3 N–H and O–H groups in total. The maximum Gasteiger partial charge on any atom is 0.247 e. The van der Waals surface area contributed by atoms with Crippen LogP contribution in [0.5, 0.6) is 11.5 Å². The fraction of sp³-hybridized carbons (Fsp3) is 0.367. The number of aliphatic hydroxyl groups is 2. The first-order valence-electron chi connectivity index (χ1n) is 12.9. The monoisotopic (exact) mass is 534 g/mol. The number of rotatable bonds is 11. The zero-order valence-electron chi connectivity index (χ0n) is 22.1. The van der Waals surface area contributed by atoms with Gasteiger partial charge in [-0.2, -0.15) is 0 Å². The number of carbonyl (C=O) groups is 3. The summed E-state index contributed by atoms with van der Waals surface area (Å²) in [5.74, 6) is -0.746. The van der Waals surface area contributed by atoms with E-state index >= 15 is 0 Å². The summed E-state index contributed by atoms with van der Waals surface area (Å²) < 4.78 is 11.7. The summed E-state index contributed by atoms with van der Waals surface area (Å²) in [6.07, 6.45) is 2.47.